The molecule has 33 heavy (non-hydrogen) atoms. The summed E-state index contributed by atoms with van der Waals surface area (Å²) in [4.78, 5) is 18.0. The fourth-order valence-electron chi connectivity index (χ4n) is 4.38. The monoisotopic (exact) mass is 490 g/mol. The molecule has 178 valence electrons. The maximum absolute atomic E-state index is 13.3. The van der Waals surface area contributed by atoms with Crippen LogP contribution in [0.2, 0.25) is 5.02 Å². The van der Waals surface area contributed by atoms with Gasteiger partial charge in [0.1, 0.15) is 0 Å². The fraction of sp³-hybridized carbons (Fsp3) is 0.458. The molecule has 0 spiro atoms. The lowest BCUT2D eigenvalue weighted by atomic mass is 10.1. The molecule has 9 heteroatoms. The van der Waals surface area contributed by atoms with E-state index in [1.807, 2.05) is 19.1 Å². The molecular weight excluding hydrogens is 460 g/mol. The average molecular weight is 491 g/mol. The van der Waals surface area contributed by atoms with Crippen molar-refractivity contribution in [1.82, 2.24) is 9.21 Å². The average Bonchev–Trinajstić information content (AvgIpc) is 2.80. The van der Waals surface area contributed by atoms with E-state index >= 15 is 0 Å². The zero-order valence-electron chi connectivity index (χ0n) is 19.2. The highest BCUT2D eigenvalue weighted by atomic mass is 35.5. The first-order chi connectivity index (χ1) is 15.8. The largest absolute Gasteiger partial charge is 0.367 e. The van der Waals surface area contributed by atoms with Crippen LogP contribution in [0.5, 0.6) is 0 Å². The number of sulfonamides is 1. The number of rotatable bonds is 5. The first-order valence-corrected chi connectivity index (χ1v) is 13.2. The summed E-state index contributed by atoms with van der Waals surface area (Å²) in [5.41, 5.74) is 2.60. The van der Waals surface area contributed by atoms with Crippen LogP contribution >= 0.6 is 11.6 Å². The number of nitrogens with one attached hydrogen (secondary N) is 1. The summed E-state index contributed by atoms with van der Waals surface area (Å²) in [5.74, 6) is -0.346. The first-order valence-electron chi connectivity index (χ1n) is 11.4. The van der Waals surface area contributed by atoms with Gasteiger partial charge in [0.25, 0.3) is 5.91 Å². The van der Waals surface area contributed by atoms with Crippen molar-refractivity contribution < 1.29 is 13.2 Å². The molecule has 2 heterocycles. The normalized spacial score (nSPS) is 18.3. The van der Waals surface area contributed by atoms with Crippen molar-refractivity contribution in [3.8, 4) is 0 Å². The molecular formula is C24H31ClN4O3S. The maximum Gasteiger partial charge on any atom is 0.256 e. The molecule has 2 fully saturated rings. The molecule has 2 saturated heterocycles. The first kappa shape index (κ1) is 24.0. The predicted octanol–water partition coefficient (Wildman–Crippen LogP) is 3.83. The van der Waals surface area contributed by atoms with E-state index in [1.54, 1.807) is 18.2 Å². The summed E-state index contributed by atoms with van der Waals surface area (Å²) in [6.07, 6.45) is 2.77. The van der Waals surface area contributed by atoms with E-state index in [9.17, 15) is 13.2 Å². The molecule has 1 N–H and O–H groups in total. The third-order valence-corrected chi connectivity index (χ3v) is 8.59. The van der Waals surface area contributed by atoms with Gasteiger partial charge in [-0.3, -0.25) is 4.79 Å². The van der Waals surface area contributed by atoms with Crippen LogP contribution in [0, 0.1) is 6.92 Å². The lowest BCUT2D eigenvalue weighted by Gasteiger charge is -2.35. The van der Waals surface area contributed by atoms with E-state index in [0.717, 1.165) is 51.1 Å². The molecule has 2 aliphatic heterocycles. The van der Waals surface area contributed by atoms with E-state index in [4.69, 9.17) is 11.6 Å². The van der Waals surface area contributed by atoms with Gasteiger partial charge in [-0.15, -0.1) is 0 Å². The number of benzene rings is 2. The Morgan fingerprint density at radius 1 is 0.939 bits per heavy atom. The molecule has 0 unspecified atom stereocenters. The standard InChI is InChI=1S/C24H31ClN4O3S/c1-18-6-8-20(33(31,32)29-10-4-3-5-11-29)17-21(18)24(30)26-22-16-19(25)7-9-23(22)28-14-12-27(2)13-15-28/h6-9,16-17H,3-5,10-15H2,1-2H3,(H,26,30). The molecule has 2 aromatic rings. The lowest BCUT2D eigenvalue weighted by Crippen LogP contribution is -2.44. The van der Waals surface area contributed by atoms with Gasteiger partial charge in [-0.2, -0.15) is 4.31 Å². The molecule has 2 aromatic carbocycles. The highest BCUT2D eigenvalue weighted by Crippen LogP contribution is 2.31. The minimum absolute atomic E-state index is 0.158. The van der Waals surface area contributed by atoms with Gasteiger partial charge in [0.05, 0.1) is 16.3 Å². The number of halogens is 1. The van der Waals surface area contributed by atoms with E-state index in [2.05, 4.69) is 22.2 Å². The topological polar surface area (TPSA) is 73.0 Å². The van der Waals surface area contributed by atoms with Crippen LogP contribution < -0.4 is 10.2 Å². The minimum Gasteiger partial charge on any atom is -0.367 e. The number of likely N-dealkylation sites (N-methyl/N-ethyl adjacent to an activating group) is 1. The molecule has 0 aliphatic carbocycles. The Balaban J connectivity index is 1.60. The van der Waals surface area contributed by atoms with Crippen LogP contribution in [0.1, 0.15) is 35.2 Å². The van der Waals surface area contributed by atoms with Crippen LogP contribution in [-0.4, -0.2) is 69.8 Å². The third kappa shape index (κ3) is 5.35. The number of anilines is 2. The summed E-state index contributed by atoms with van der Waals surface area (Å²) in [7, 11) is -1.53. The molecule has 0 saturated carbocycles. The van der Waals surface area contributed by atoms with Crippen molar-refractivity contribution in [2.75, 3.05) is 56.5 Å². The van der Waals surface area contributed by atoms with Crippen molar-refractivity contribution in [1.29, 1.82) is 0 Å². The Kier molecular flexibility index (Phi) is 7.28. The number of carbonyl (C=O) groups excluding carboxylic acids is 1. The van der Waals surface area contributed by atoms with Crippen LogP contribution in [0.4, 0.5) is 11.4 Å². The van der Waals surface area contributed by atoms with Crippen molar-refractivity contribution >= 4 is 38.9 Å². The molecule has 4 rings (SSSR count). The summed E-state index contributed by atoms with van der Waals surface area (Å²) < 4.78 is 27.8. The number of hydrogen-bond donors (Lipinski definition) is 1. The smallest absolute Gasteiger partial charge is 0.256 e. The molecule has 1 amide bonds. The summed E-state index contributed by atoms with van der Waals surface area (Å²) in [5, 5.41) is 3.52. The molecule has 2 aliphatic rings. The van der Waals surface area contributed by atoms with Gasteiger partial charge in [0.15, 0.2) is 0 Å². The van der Waals surface area contributed by atoms with Gasteiger partial charge < -0.3 is 15.1 Å². The zero-order chi connectivity index (χ0) is 23.6. The second-order valence-corrected chi connectivity index (χ2v) is 11.2. The summed E-state index contributed by atoms with van der Waals surface area (Å²) in [6.45, 7) is 6.43. The number of carbonyl (C=O) groups is 1. The number of hydrogen-bond acceptors (Lipinski definition) is 5. The van der Waals surface area contributed by atoms with Gasteiger partial charge in [0, 0.05) is 49.9 Å². The van der Waals surface area contributed by atoms with E-state index < -0.39 is 10.0 Å². The zero-order valence-corrected chi connectivity index (χ0v) is 20.8. The Bertz CT molecular complexity index is 1120. The number of nitrogens with zero attached hydrogens (tertiary/aromatic N) is 3. The predicted molar refractivity (Wildman–Crippen MR) is 133 cm³/mol. The van der Waals surface area contributed by atoms with Gasteiger partial charge in [-0.05, 0) is 62.7 Å². The third-order valence-electron chi connectivity index (χ3n) is 6.46. The van der Waals surface area contributed by atoms with E-state index in [-0.39, 0.29) is 10.8 Å². The Hall–Kier alpha value is -2.13. The maximum atomic E-state index is 13.3. The fourth-order valence-corrected chi connectivity index (χ4v) is 6.10. The number of amides is 1. The second kappa shape index (κ2) is 10.0. The van der Waals surface area contributed by atoms with Gasteiger partial charge >= 0.3 is 0 Å². The Morgan fingerprint density at radius 3 is 2.33 bits per heavy atom. The molecule has 0 atom stereocenters. The van der Waals surface area contributed by atoms with Gasteiger partial charge in [-0.1, -0.05) is 24.1 Å². The van der Waals surface area contributed by atoms with Gasteiger partial charge in [-0.25, -0.2) is 8.42 Å². The molecule has 0 radical (unpaired) electrons. The van der Waals surface area contributed by atoms with E-state index in [0.29, 0.717) is 34.9 Å². The highest BCUT2D eigenvalue weighted by molar-refractivity contribution is 7.89. The quantitative estimate of drug-likeness (QED) is 0.689. The highest BCUT2D eigenvalue weighted by Gasteiger charge is 2.27. The number of aryl methyl sites for hydroxylation is 1. The Labute approximate surface area is 201 Å². The summed E-state index contributed by atoms with van der Waals surface area (Å²) >= 11 is 6.25. The van der Waals surface area contributed by atoms with Crippen molar-refractivity contribution in [2.24, 2.45) is 0 Å². The SMILES string of the molecule is Cc1ccc(S(=O)(=O)N2CCCCC2)cc1C(=O)Nc1cc(Cl)ccc1N1CCN(C)CC1. The van der Waals surface area contributed by atoms with Crippen LogP contribution in [-0.2, 0) is 10.0 Å². The second-order valence-electron chi connectivity index (χ2n) is 8.85. The molecule has 0 aromatic heterocycles. The van der Waals surface area contributed by atoms with E-state index in [1.165, 1.54) is 10.4 Å². The van der Waals surface area contributed by atoms with Crippen LogP contribution in [0.3, 0.4) is 0 Å². The van der Waals surface area contributed by atoms with Crippen molar-refractivity contribution in [2.45, 2.75) is 31.1 Å². The number of piperidine rings is 1. The van der Waals surface area contributed by atoms with Crippen molar-refractivity contribution in [3.05, 3.63) is 52.5 Å². The van der Waals surface area contributed by atoms with Crippen molar-refractivity contribution in [3.63, 3.8) is 0 Å². The molecule has 0 bridgehead atoms. The Morgan fingerprint density at radius 2 is 1.64 bits per heavy atom. The summed E-state index contributed by atoms with van der Waals surface area (Å²) in [6, 6.07) is 10.3. The van der Waals surface area contributed by atoms with Crippen LogP contribution in [0.15, 0.2) is 41.3 Å². The lowest BCUT2D eigenvalue weighted by molar-refractivity contribution is 0.102. The van der Waals surface area contributed by atoms with Gasteiger partial charge in [0.2, 0.25) is 10.0 Å². The number of piperazine rings is 1. The molecule has 7 nitrogen and oxygen atoms in total. The van der Waals surface area contributed by atoms with Crippen LogP contribution in [0.25, 0.3) is 0 Å². The minimum atomic E-state index is -3.63.